The summed E-state index contributed by atoms with van der Waals surface area (Å²) < 4.78 is 12.8. The second-order valence-electron chi connectivity index (χ2n) is 5.22. The SMILES string of the molecule is NC(=O)CN(CCSc1ccc(F)cc1)C1CCNCC1. The fourth-order valence-electron chi connectivity index (χ4n) is 2.57. The van der Waals surface area contributed by atoms with Gasteiger partial charge in [-0.3, -0.25) is 9.69 Å². The molecule has 1 aliphatic heterocycles. The zero-order chi connectivity index (χ0) is 15.1. The van der Waals surface area contributed by atoms with Gasteiger partial charge in [-0.15, -0.1) is 11.8 Å². The Kier molecular flexibility index (Phi) is 6.48. The minimum absolute atomic E-state index is 0.218. The number of benzene rings is 1. The van der Waals surface area contributed by atoms with Crippen molar-refractivity contribution in [1.29, 1.82) is 0 Å². The number of thioether (sulfide) groups is 1. The van der Waals surface area contributed by atoms with Crippen molar-refractivity contribution >= 4 is 17.7 Å². The Balaban J connectivity index is 1.83. The van der Waals surface area contributed by atoms with E-state index in [4.69, 9.17) is 5.73 Å². The van der Waals surface area contributed by atoms with Crippen molar-refractivity contribution < 1.29 is 9.18 Å². The van der Waals surface area contributed by atoms with E-state index in [2.05, 4.69) is 10.2 Å². The third kappa shape index (κ3) is 5.65. The molecule has 1 heterocycles. The van der Waals surface area contributed by atoms with Crippen molar-refractivity contribution in [1.82, 2.24) is 10.2 Å². The van der Waals surface area contributed by atoms with Crippen LogP contribution in [-0.4, -0.2) is 48.8 Å². The van der Waals surface area contributed by atoms with Gasteiger partial charge >= 0.3 is 0 Å². The van der Waals surface area contributed by atoms with Crippen LogP contribution in [0.4, 0.5) is 4.39 Å². The molecule has 0 unspecified atom stereocenters. The number of halogens is 1. The predicted octanol–water partition coefficient (Wildman–Crippen LogP) is 1.46. The molecule has 3 N–H and O–H groups in total. The second kappa shape index (κ2) is 8.36. The molecular weight excluding hydrogens is 289 g/mol. The standard InChI is InChI=1S/C15H22FN3OS/c16-12-1-3-14(4-2-12)21-10-9-19(11-15(17)20)13-5-7-18-8-6-13/h1-4,13,18H,5-11H2,(H2,17,20). The average molecular weight is 311 g/mol. The van der Waals surface area contributed by atoms with Crippen molar-refractivity contribution in [2.24, 2.45) is 5.73 Å². The Labute approximate surface area is 129 Å². The maximum Gasteiger partial charge on any atom is 0.231 e. The van der Waals surface area contributed by atoms with Gasteiger partial charge in [0.1, 0.15) is 5.82 Å². The third-order valence-electron chi connectivity index (χ3n) is 3.64. The zero-order valence-electron chi connectivity index (χ0n) is 12.1. The number of carbonyl (C=O) groups is 1. The number of hydrogen-bond acceptors (Lipinski definition) is 4. The van der Waals surface area contributed by atoms with Gasteiger partial charge in [0.25, 0.3) is 0 Å². The number of piperidine rings is 1. The first-order valence-electron chi connectivity index (χ1n) is 7.26. The van der Waals surface area contributed by atoms with E-state index in [0.29, 0.717) is 12.6 Å². The minimum atomic E-state index is -0.277. The second-order valence-corrected chi connectivity index (χ2v) is 6.39. The van der Waals surface area contributed by atoms with E-state index < -0.39 is 0 Å². The molecule has 1 aromatic rings. The summed E-state index contributed by atoms with van der Waals surface area (Å²) in [6, 6.07) is 6.92. The lowest BCUT2D eigenvalue weighted by Crippen LogP contribution is -2.47. The van der Waals surface area contributed by atoms with Gasteiger partial charge in [0.05, 0.1) is 6.54 Å². The van der Waals surface area contributed by atoms with Crippen LogP contribution in [0.2, 0.25) is 0 Å². The number of primary amides is 1. The van der Waals surface area contributed by atoms with Crippen molar-refractivity contribution in [3.05, 3.63) is 30.1 Å². The molecule has 0 radical (unpaired) electrons. The van der Waals surface area contributed by atoms with Crippen molar-refractivity contribution in [2.75, 3.05) is 31.9 Å². The molecule has 1 aromatic carbocycles. The van der Waals surface area contributed by atoms with Crippen LogP contribution >= 0.6 is 11.8 Å². The Bertz CT molecular complexity index is 449. The summed E-state index contributed by atoms with van der Waals surface area (Å²) in [6.45, 7) is 3.11. The highest BCUT2D eigenvalue weighted by Crippen LogP contribution is 2.19. The number of nitrogens with zero attached hydrogens (tertiary/aromatic N) is 1. The van der Waals surface area contributed by atoms with Crippen molar-refractivity contribution in [2.45, 2.75) is 23.8 Å². The molecule has 116 valence electrons. The summed E-state index contributed by atoms with van der Waals surface area (Å²) in [5, 5.41) is 3.33. The van der Waals surface area contributed by atoms with Crippen molar-refractivity contribution in [3.63, 3.8) is 0 Å². The van der Waals surface area contributed by atoms with Gasteiger partial charge in [-0.1, -0.05) is 0 Å². The molecule has 0 bridgehead atoms. The number of rotatable bonds is 7. The molecule has 21 heavy (non-hydrogen) atoms. The Morgan fingerprint density at radius 2 is 2.00 bits per heavy atom. The molecule has 0 saturated carbocycles. The van der Waals surface area contributed by atoms with Crippen LogP contribution in [0.3, 0.4) is 0 Å². The summed E-state index contributed by atoms with van der Waals surface area (Å²) in [5.74, 6) is 0.368. The van der Waals surface area contributed by atoms with E-state index in [1.54, 1.807) is 23.9 Å². The highest BCUT2D eigenvalue weighted by molar-refractivity contribution is 7.99. The van der Waals surface area contributed by atoms with E-state index in [9.17, 15) is 9.18 Å². The summed E-state index contributed by atoms with van der Waals surface area (Å²) in [5.41, 5.74) is 5.35. The van der Waals surface area contributed by atoms with Gasteiger partial charge in [-0.05, 0) is 50.2 Å². The third-order valence-corrected chi connectivity index (χ3v) is 4.64. The van der Waals surface area contributed by atoms with E-state index in [1.807, 2.05) is 0 Å². The maximum absolute atomic E-state index is 12.8. The molecule has 2 rings (SSSR count). The van der Waals surface area contributed by atoms with E-state index in [0.717, 1.165) is 43.1 Å². The van der Waals surface area contributed by atoms with Gasteiger partial charge < -0.3 is 11.1 Å². The number of hydrogen-bond donors (Lipinski definition) is 2. The molecule has 0 aliphatic carbocycles. The topological polar surface area (TPSA) is 58.4 Å². The van der Waals surface area contributed by atoms with Gasteiger partial charge in [0.15, 0.2) is 0 Å². The monoisotopic (exact) mass is 311 g/mol. The molecule has 1 saturated heterocycles. The fourth-order valence-corrected chi connectivity index (χ4v) is 3.46. The highest BCUT2D eigenvalue weighted by atomic mass is 32.2. The molecule has 4 nitrogen and oxygen atoms in total. The molecule has 1 fully saturated rings. The number of amides is 1. The minimum Gasteiger partial charge on any atom is -0.369 e. The van der Waals surface area contributed by atoms with Gasteiger partial charge in [0, 0.05) is 23.2 Å². The van der Waals surface area contributed by atoms with Crippen LogP contribution in [0.1, 0.15) is 12.8 Å². The maximum atomic E-state index is 12.8. The summed E-state index contributed by atoms with van der Waals surface area (Å²) in [6.07, 6.45) is 2.10. The van der Waals surface area contributed by atoms with Crippen LogP contribution in [-0.2, 0) is 4.79 Å². The van der Waals surface area contributed by atoms with E-state index >= 15 is 0 Å². The van der Waals surface area contributed by atoms with Crippen molar-refractivity contribution in [3.8, 4) is 0 Å². The summed E-state index contributed by atoms with van der Waals surface area (Å²) >= 11 is 1.67. The lowest BCUT2D eigenvalue weighted by molar-refractivity contribution is -0.119. The summed E-state index contributed by atoms with van der Waals surface area (Å²) in [4.78, 5) is 14.5. The zero-order valence-corrected chi connectivity index (χ0v) is 12.9. The average Bonchev–Trinajstić information content (AvgIpc) is 2.49. The first-order chi connectivity index (χ1) is 10.1. The highest BCUT2D eigenvalue weighted by Gasteiger charge is 2.21. The largest absolute Gasteiger partial charge is 0.369 e. The first kappa shape index (κ1) is 16.3. The Hall–Kier alpha value is -1.11. The van der Waals surface area contributed by atoms with Gasteiger partial charge in [-0.25, -0.2) is 4.39 Å². The molecule has 1 aliphatic rings. The quantitative estimate of drug-likeness (QED) is 0.749. The first-order valence-corrected chi connectivity index (χ1v) is 8.25. The molecule has 0 atom stereocenters. The lowest BCUT2D eigenvalue weighted by Gasteiger charge is -2.33. The van der Waals surface area contributed by atoms with Crippen LogP contribution in [0, 0.1) is 5.82 Å². The number of nitrogens with one attached hydrogen (secondary N) is 1. The smallest absolute Gasteiger partial charge is 0.231 e. The van der Waals surface area contributed by atoms with Gasteiger partial charge in [-0.2, -0.15) is 0 Å². The number of carbonyl (C=O) groups excluding carboxylic acids is 1. The Morgan fingerprint density at radius 1 is 1.33 bits per heavy atom. The fraction of sp³-hybridized carbons (Fsp3) is 0.533. The van der Waals surface area contributed by atoms with E-state index in [1.165, 1.54) is 12.1 Å². The normalized spacial score (nSPS) is 16.3. The number of nitrogens with two attached hydrogens (primary N) is 1. The van der Waals surface area contributed by atoms with Crippen LogP contribution in [0.25, 0.3) is 0 Å². The molecule has 6 heteroatoms. The Morgan fingerprint density at radius 3 is 2.62 bits per heavy atom. The molecule has 0 spiro atoms. The lowest BCUT2D eigenvalue weighted by atomic mass is 10.0. The van der Waals surface area contributed by atoms with Crippen LogP contribution in [0.15, 0.2) is 29.2 Å². The molecule has 1 amide bonds. The summed E-state index contributed by atoms with van der Waals surface area (Å²) in [7, 11) is 0. The molecular formula is C15H22FN3OS. The van der Waals surface area contributed by atoms with Crippen LogP contribution < -0.4 is 11.1 Å². The predicted molar refractivity (Wildman–Crippen MR) is 83.8 cm³/mol. The molecule has 0 aromatic heterocycles. The van der Waals surface area contributed by atoms with Gasteiger partial charge in [0.2, 0.25) is 5.91 Å². The van der Waals surface area contributed by atoms with E-state index in [-0.39, 0.29) is 11.7 Å². The van der Waals surface area contributed by atoms with Crippen LogP contribution in [0.5, 0.6) is 0 Å².